The van der Waals surface area contributed by atoms with Crippen molar-refractivity contribution in [1.82, 2.24) is 19.9 Å². The van der Waals surface area contributed by atoms with Gasteiger partial charge in [0.1, 0.15) is 0 Å². The van der Waals surface area contributed by atoms with Gasteiger partial charge < -0.3 is 9.80 Å². The fourth-order valence-corrected chi connectivity index (χ4v) is 6.31. The summed E-state index contributed by atoms with van der Waals surface area (Å²) >= 11 is 0. The lowest BCUT2D eigenvalue weighted by molar-refractivity contribution is 0.578. The Labute approximate surface area is 223 Å². The molecule has 7 rings (SSSR count). The van der Waals surface area contributed by atoms with Gasteiger partial charge in [0.2, 0.25) is 0 Å². The minimum absolute atomic E-state index is 0.898. The van der Waals surface area contributed by atoms with Crippen molar-refractivity contribution >= 4 is 32.9 Å². The van der Waals surface area contributed by atoms with E-state index in [0.29, 0.717) is 0 Å². The number of anilines is 2. The van der Waals surface area contributed by atoms with Crippen molar-refractivity contribution < 1.29 is 0 Å². The van der Waals surface area contributed by atoms with Crippen LogP contribution < -0.4 is 9.80 Å². The molecule has 2 saturated heterocycles. The van der Waals surface area contributed by atoms with Crippen LogP contribution >= 0.6 is 0 Å². The number of hydrogen-bond acceptors (Lipinski definition) is 6. The maximum Gasteiger partial charge on any atom is 0.0897 e. The number of hydrogen-bond donors (Lipinski definition) is 0. The van der Waals surface area contributed by atoms with Crippen molar-refractivity contribution in [3.05, 3.63) is 73.6 Å². The number of aromatic nitrogens is 4. The van der Waals surface area contributed by atoms with E-state index >= 15 is 0 Å². The van der Waals surface area contributed by atoms with Gasteiger partial charge in [-0.2, -0.15) is 0 Å². The summed E-state index contributed by atoms with van der Waals surface area (Å²) in [6.07, 6.45) is 18.5. The largest absolute Gasteiger partial charge is 0.372 e. The van der Waals surface area contributed by atoms with E-state index in [4.69, 9.17) is 9.97 Å². The summed E-state index contributed by atoms with van der Waals surface area (Å²) in [4.78, 5) is 23.5. The Balaban J connectivity index is 1.55. The maximum absolute atomic E-state index is 4.79. The molecule has 0 aliphatic carbocycles. The fraction of sp³-hybridized carbons (Fsp3) is 0.312. The van der Waals surface area contributed by atoms with Crippen LogP contribution in [0.15, 0.2) is 73.6 Å². The summed E-state index contributed by atoms with van der Waals surface area (Å²) in [6, 6.07) is 13.9. The van der Waals surface area contributed by atoms with Crippen molar-refractivity contribution in [3.63, 3.8) is 0 Å². The molecule has 2 aliphatic rings. The lowest BCUT2D eigenvalue weighted by atomic mass is 9.88. The van der Waals surface area contributed by atoms with Crippen LogP contribution in [0.1, 0.15) is 38.5 Å². The van der Waals surface area contributed by atoms with Crippen LogP contribution in [-0.4, -0.2) is 46.1 Å². The monoisotopic (exact) mass is 500 g/mol. The molecular formula is C32H32N6. The Morgan fingerprint density at radius 3 is 1.32 bits per heavy atom. The highest BCUT2D eigenvalue weighted by atomic mass is 15.1. The Morgan fingerprint density at radius 1 is 0.474 bits per heavy atom. The molecule has 190 valence electrons. The fourth-order valence-electron chi connectivity index (χ4n) is 6.31. The summed E-state index contributed by atoms with van der Waals surface area (Å²) in [5.41, 5.74) is 6.62. The van der Waals surface area contributed by atoms with Gasteiger partial charge in [0, 0.05) is 73.5 Å². The smallest absolute Gasteiger partial charge is 0.0897 e. The summed E-state index contributed by atoms with van der Waals surface area (Å²) in [5.74, 6) is 0. The van der Waals surface area contributed by atoms with Crippen LogP contribution in [0.2, 0.25) is 0 Å². The van der Waals surface area contributed by atoms with Gasteiger partial charge in [-0.1, -0.05) is 12.1 Å². The van der Waals surface area contributed by atoms with E-state index in [1.165, 1.54) is 71.4 Å². The molecule has 0 saturated carbocycles. The van der Waals surface area contributed by atoms with E-state index < -0.39 is 0 Å². The number of fused-ring (bicyclic) bond motifs is 2. The van der Waals surface area contributed by atoms with Gasteiger partial charge in [0.25, 0.3) is 0 Å². The molecule has 0 radical (unpaired) electrons. The quantitative estimate of drug-likeness (QED) is 0.251. The number of nitrogens with zero attached hydrogens (tertiary/aromatic N) is 6. The number of piperidine rings is 2. The zero-order valence-corrected chi connectivity index (χ0v) is 21.7. The Morgan fingerprint density at radius 2 is 0.921 bits per heavy atom. The second kappa shape index (κ2) is 10.0. The standard InChI is InChI=1S/C32H32N6/c1-3-15-37(16-4-1)23-7-9-25-27(19-23)31(29-21-33-11-13-35-29)26-10-8-24(38-17-5-2-6-18-38)20-28(26)32(25)30-22-34-12-14-36-30/h7-14,19-22H,1-6,15-18H2. The molecule has 0 unspecified atom stereocenters. The van der Waals surface area contributed by atoms with Gasteiger partial charge in [-0.15, -0.1) is 0 Å². The highest BCUT2D eigenvalue weighted by molar-refractivity contribution is 6.21. The molecule has 2 fully saturated rings. The average Bonchev–Trinajstić information content (AvgIpc) is 3.01. The van der Waals surface area contributed by atoms with E-state index in [1.54, 1.807) is 24.8 Å². The highest BCUT2D eigenvalue weighted by Crippen LogP contribution is 2.45. The number of rotatable bonds is 4. The van der Waals surface area contributed by atoms with Crippen molar-refractivity contribution in [2.45, 2.75) is 38.5 Å². The normalized spacial score (nSPS) is 16.3. The van der Waals surface area contributed by atoms with Crippen LogP contribution in [0.3, 0.4) is 0 Å². The molecular weight excluding hydrogens is 468 g/mol. The van der Waals surface area contributed by atoms with E-state index in [9.17, 15) is 0 Å². The first-order valence-electron chi connectivity index (χ1n) is 13.9. The molecule has 2 aromatic heterocycles. The summed E-state index contributed by atoms with van der Waals surface area (Å²) < 4.78 is 0. The van der Waals surface area contributed by atoms with Crippen molar-refractivity contribution in [3.8, 4) is 22.5 Å². The minimum atomic E-state index is 0.898. The van der Waals surface area contributed by atoms with E-state index in [2.05, 4.69) is 56.2 Å². The molecule has 4 heterocycles. The third-order valence-corrected chi connectivity index (χ3v) is 8.16. The van der Waals surface area contributed by atoms with E-state index in [1.807, 2.05) is 12.4 Å². The van der Waals surface area contributed by atoms with Crippen LogP contribution in [0.25, 0.3) is 44.1 Å². The van der Waals surface area contributed by atoms with Gasteiger partial charge >= 0.3 is 0 Å². The lowest BCUT2D eigenvalue weighted by Gasteiger charge is -2.30. The first-order chi connectivity index (χ1) is 18.9. The predicted octanol–water partition coefficient (Wildman–Crippen LogP) is 6.89. The summed E-state index contributed by atoms with van der Waals surface area (Å²) in [6.45, 7) is 4.43. The first kappa shape index (κ1) is 23.1. The van der Waals surface area contributed by atoms with Crippen molar-refractivity contribution in [2.75, 3.05) is 36.0 Å². The molecule has 5 aromatic rings. The molecule has 0 N–H and O–H groups in total. The SMILES string of the molecule is c1cnc(-c2c3ccc(N4CCCCC4)cc3c(-c3cnccn3)c3ccc(N4CCCCC4)cc23)cn1. The Kier molecular flexibility index (Phi) is 6.08. The molecule has 0 spiro atoms. The van der Waals surface area contributed by atoms with Gasteiger partial charge in [-0.3, -0.25) is 19.9 Å². The second-order valence-electron chi connectivity index (χ2n) is 10.5. The molecule has 38 heavy (non-hydrogen) atoms. The van der Waals surface area contributed by atoms with Crippen LogP contribution in [0.4, 0.5) is 11.4 Å². The molecule has 3 aromatic carbocycles. The number of benzene rings is 3. The average molecular weight is 501 g/mol. The first-order valence-corrected chi connectivity index (χ1v) is 13.9. The van der Waals surface area contributed by atoms with E-state index in [0.717, 1.165) is 48.7 Å². The highest BCUT2D eigenvalue weighted by Gasteiger charge is 2.22. The van der Waals surface area contributed by atoms with Gasteiger partial charge in [-0.05, 0) is 84.3 Å². The Bertz CT molecular complexity index is 1450. The van der Waals surface area contributed by atoms with Crippen LogP contribution in [-0.2, 0) is 0 Å². The molecule has 6 nitrogen and oxygen atoms in total. The summed E-state index contributed by atoms with van der Waals surface area (Å²) in [7, 11) is 0. The van der Waals surface area contributed by atoms with Crippen molar-refractivity contribution in [2.24, 2.45) is 0 Å². The predicted molar refractivity (Wildman–Crippen MR) is 156 cm³/mol. The van der Waals surface area contributed by atoms with Gasteiger partial charge in [0.15, 0.2) is 0 Å². The van der Waals surface area contributed by atoms with E-state index in [-0.39, 0.29) is 0 Å². The Hall–Kier alpha value is -4.06. The third kappa shape index (κ3) is 4.14. The molecule has 0 amide bonds. The zero-order valence-electron chi connectivity index (χ0n) is 21.7. The van der Waals surface area contributed by atoms with Crippen LogP contribution in [0.5, 0.6) is 0 Å². The summed E-state index contributed by atoms with van der Waals surface area (Å²) in [5, 5.41) is 4.73. The van der Waals surface area contributed by atoms with Gasteiger partial charge in [-0.25, -0.2) is 0 Å². The maximum atomic E-state index is 4.79. The van der Waals surface area contributed by atoms with Crippen LogP contribution in [0, 0.1) is 0 Å². The van der Waals surface area contributed by atoms with Crippen molar-refractivity contribution in [1.29, 1.82) is 0 Å². The topological polar surface area (TPSA) is 58.0 Å². The lowest BCUT2D eigenvalue weighted by Crippen LogP contribution is -2.29. The molecule has 2 aliphatic heterocycles. The molecule has 6 heteroatoms. The molecule has 0 atom stereocenters. The minimum Gasteiger partial charge on any atom is -0.372 e. The second-order valence-corrected chi connectivity index (χ2v) is 10.5. The molecule has 0 bridgehead atoms. The van der Waals surface area contributed by atoms with Gasteiger partial charge in [0.05, 0.1) is 23.8 Å². The zero-order chi connectivity index (χ0) is 25.3. The third-order valence-electron chi connectivity index (χ3n) is 8.16.